The summed E-state index contributed by atoms with van der Waals surface area (Å²) in [6.07, 6.45) is 5.83. The van der Waals surface area contributed by atoms with Crippen LogP contribution in [0.1, 0.15) is 76.6 Å². The van der Waals surface area contributed by atoms with E-state index in [1.807, 2.05) is 0 Å². The van der Waals surface area contributed by atoms with Gasteiger partial charge < -0.3 is 15.0 Å². The van der Waals surface area contributed by atoms with E-state index in [2.05, 4.69) is 17.0 Å². The number of nitrogens with zero attached hydrogens (tertiary/aromatic N) is 1. The van der Waals surface area contributed by atoms with Gasteiger partial charge >= 0.3 is 0 Å². The number of carbonyl (C=O) groups excluding carboxylic acids is 2. The van der Waals surface area contributed by atoms with E-state index in [1.54, 1.807) is 31.7 Å². The third-order valence-electron chi connectivity index (χ3n) is 5.55. The van der Waals surface area contributed by atoms with Gasteiger partial charge in [-0.05, 0) is 58.2 Å². The molecule has 33 heavy (non-hydrogen) atoms. The lowest BCUT2D eigenvalue weighted by Gasteiger charge is -2.32. The summed E-state index contributed by atoms with van der Waals surface area (Å²) in [6.45, 7) is 8.90. The standard InChI is InChI=1S/C24H39N3O5S/c1-6-7-8-9-14-25-22(28)19-11-10-15-27(17-19)23(29)18-12-13-20(32-5)21(16-18)33(30,31)26-24(2,3)4/h12-13,16,19,26H,6-11,14-15,17H2,1-5H3,(H,25,28). The number of hydrogen-bond acceptors (Lipinski definition) is 5. The molecule has 0 aromatic heterocycles. The molecule has 1 fully saturated rings. The van der Waals surface area contributed by atoms with E-state index in [1.165, 1.54) is 19.2 Å². The first-order chi connectivity index (χ1) is 15.5. The molecule has 0 radical (unpaired) electrons. The highest BCUT2D eigenvalue weighted by Crippen LogP contribution is 2.27. The minimum Gasteiger partial charge on any atom is -0.495 e. The second-order valence-corrected chi connectivity index (χ2v) is 11.3. The zero-order valence-electron chi connectivity index (χ0n) is 20.6. The Morgan fingerprint density at radius 3 is 2.55 bits per heavy atom. The second kappa shape index (κ2) is 11.8. The van der Waals surface area contributed by atoms with Gasteiger partial charge in [-0.1, -0.05) is 26.2 Å². The van der Waals surface area contributed by atoms with Gasteiger partial charge in [-0.25, -0.2) is 13.1 Å². The van der Waals surface area contributed by atoms with Gasteiger partial charge in [0.25, 0.3) is 5.91 Å². The molecule has 1 atom stereocenters. The summed E-state index contributed by atoms with van der Waals surface area (Å²) in [5.74, 6) is -0.387. The number of benzene rings is 1. The van der Waals surface area contributed by atoms with Crippen molar-refractivity contribution in [2.75, 3.05) is 26.7 Å². The van der Waals surface area contributed by atoms with E-state index >= 15 is 0 Å². The number of likely N-dealkylation sites (tertiary alicyclic amines) is 1. The molecule has 2 N–H and O–H groups in total. The minimum absolute atomic E-state index is 0.0172. The zero-order valence-corrected chi connectivity index (χ0v) is 21.4. The molecule has 9 heteroatoms. The first-order valence-electron chi connectivity index (χ1n) is 11.8. The van der Waals surface area contributed by atoms with Gasteiger partial charge in [-0.3, -0.25) is 9.59 Å². The van der Waals surface area contributed by atoms with Crippen LogP contribution in [0.25, 0.3) is 0 Å². The number of unbranched alkanes of at least 4 members (excludes halogenated alkanes) is 3. The molecule has 1 aliphatic heterocycles. The van der Waals surface area contributed by atoms with Gasteiger partial charge in [-0.2, -0.15) is 0 Å². The first-order valence-corrected chi connectivity index (χ1v) is 13.3. The number of sulfonamides is 1. The van der Waals surface area contributed by atoms with Crippen LogP contribution in [0.5, 0.6) is 5.75 Å². The molecule has 2 amide bonds. The van der Waals surface area contributed by atoms with E-state index in [-0.39, 0.29) is 33.9 Å². The monoisotopic (exact) mass is 481 g/mol. The molecule has 0 bridgehead atoms. The number of nitrogens with one attached hydrogen (secondary N) is 2. The molecule has 1 unspecified atom stereocenters. The number of ether oxygens (including phenoxy) is 1. The Bertz CT molecular complexity index is 925. The Morgan fingerprint density at radius 2 is 1.91 bits per heavy atom. The van der Waals surface area contributed by atoms with Crippen molar-refractivity contribution in [2.24, 2.45) is 5.92 Å². The fourth-order valence-corrected chi connectivity index (χ4v) is 5.56. The first kappa shape index (κ1) is 27.1. The maximum absolute atomic E-state index is 13.2. The Hall–Kier alpha value is -2.13. The van der Waals surface area contributed by atoms with Crippen molar-refractivity contribution in [3.63, 3.8) is 0 Å². The lowest BCUT2D eigenvalue weighted by Crippen LogP contribution is -2.45. The fraction of sp³-hybridized carbons (Fsp3) is 0.667. The van der Waals surface area contributed by atoms with Gasteiger partial charge in [0.05, 0.1) is 13.0 Å². The topological polar surface area (TPSA) is 105 Å². The summed E-state index contributed by atoms with van der Waals surface area (Å²) in [4.78, 5) is 27.3. The van der Waals surface area contributed by atoms with Crippen molar-refractivity contribution >= 4 is 21.8 Å². The molecule has 0 saturated carbocycles. The number of hydrogen-bond donors (Lipinski definition) is 2. The van der Waals surface area contributed by atoms with Crippen molar-refractivity contribution in [3.05, 3.63) is 23.8 Å². The molecule has 186 valence electrons. The number of amides is 2. The second-order valence-electron chi connectivity index (χ2n) is 9.66. The average molecular weight is 482 g/mol. The minimum atomic E-state index is -3.90. The van der Waals surface area contributed by atoms with Gasteiger partial charge in [0.1, 0.15) is 10.6 Å². The number of piperidine rings is 1. The van der Waals surface area contributed by atoms with Crippen molar-refractivity contribution < 1.29 is 22.7 Å². The molecule has 8 nitrogen and oxygen atoms in total. The molecule has 1 aromatic carbocycles. The summed E-state index contributed by atoms with van der Waals surface area (Å²) in [5.41, 5.74) is -0.431. The predicted molar refractivity (Wildman–Crippen MR) is 129 cm³/mol. The lowest BCUT2D eigenvalue weighted by molar-refractivity contribution is -0.126. The van der Waals surface area contributed by atoms with Gasteiger partial charge in [0.2, 0.25) is 15.9 Å². The Kier molecular flexibility index (Phi) is 9.72. The quantitative estimate of drug-likeness (QED) is 0.499. The van der Waals surface area contributed by atoms with E-state index < -0.39 is 15.6 Å². The third kappa shape index (κ3) is 7.99. The maximum atomic E-state index is 13.2. The van der Waals surface area contributed by atoms with Crippen LogP contribution >= 0.6 is 0 Å². The van der Waals surface area contributed by atoms with Gasteiger partial charge in [-0.15, -0.1) is 0 Å². The Morgan fingerprint density at radius 1 is 1.18 bits per heavy atom. The third-order valence-corrected chi connectivity index (χ3v) is 7.33. The summed E-state index contributed by atoms with van der Waals surface area (Å²) in [5, 5.41) is 3.00. The highest BCUT2D eigenvalue weighted by molar-refractivity contribution is 7.89. The number of rotatable bonds is 10. The van der Waals surface area contributed by atoms with Crippen molar-refractivity contribution in [3.8, 4) is 5.75 Å². The highest BCUT2D eigenvalue weighted by Gasteiger charge is 2.31. The van der Waals surface area contributed by atoms with Crippen molar-refractivity contribution in [1.29, 1.82) is 0 Å². The molecule has 1 aliphatic rings. The van der Waals surface area contributed by atoms with Gasteiger partial charge in [0.15, 0.2) is 0 Å². The zero-order chi connectivity index (χ0) is 24.6. The van der Waals surface area contributed by atoms with Crippen LogP contribution in [0.3, 0.4) is 0 Å². The predicted octanol–water partition coefficient (Wildman–Crippen LogP) is 3.32. The largest absolute Gasteiger partial charge is 0.495 e. The van der Waals surface area contributed by atoms with Crippen LogP contribution in [0.4, 0.5) is 0 Å². The summed E-state index contributed by atoms with van der Waals surface area (Å²) in [7, 11) is -2.51. The smallest absolute Gasteiger partial charge is 0.253 e. The molecule has 1 aromatic rings. The van der Waals surface area contributed by atoms with E-state index in [0.717, 1.165) is 38.5 Å². The van der Waals surface area contributed by atoms with E-state index in [4.69, 9.17) is 4.74 Å². The summed E-state index contributed by atoms with van der Waals surface area (Å²) >= 11 is 0. The van der Waals surface area contributed by atoms with E-state index in [9.17, 15) is 18.0 Å². The SMILES string of the molecule is CCCCCCNC(=O)C1CCCN(C(=O)c2ccc(OC)c(S(=O)(=O)NC(C)(C)C)c2)C1. The average Bonchev–Trinajstić information content (AvgIpc) is 2.76. The normalized spacial score (nSPS) is 17.0. The Labute approximate surface area is 198 Å². The van der Waals surface area contributed by atoms with Crippen LogP contribution in [0, 0.1) is 5.92 Å². The van der Waals surface area contributed by atoms with Crippen LogP contribution in [0.2, 0.25) is 0 Å². The van der Waals surface area contributed by atoms with Crippen LogP contribution < -0.4 is 14.8 Å². The molecular formula is C24H39N3O5S. The van der Waals surface area contributed by atoms with Crippen LogP contribution in [-0.2, 0) is 14.8 Å². The Balaban J connectivity index is 2.13. The van der Waals surface area contributed by atoms with Crippen molar-refractivity contribution in [2.45, 2.75) is 76.7 Å². The molecule has 1 saturated heterocycles. The van der Waals surface area contributed by atoms with Gasteiger partial charge in [0, 0.05) is 30.7 Å². The van der Waals surface area contributed by atoms with E-state index in [0.29, 0.717) is 19.6 Å². The molecule has 2 rings (SSSR count). The maximum Gasteiger partial charge on any atom is 0.253 e. The fourth-order valence-electron chi connectivity index (χ4n) is 3.94. The van der Waals surface area contributed by atoms with Crippen LogP contribution in [-0.4, -0.2) is 57.4 Å². The number of methoxy groups -OCH3 is 1. The van der Waals surface area contributed by atoms with Crippen LogP contribution in [0.15, 0.2) is 23.1 Å². The highest BCUT2D eigenvalue weighted by atomic mass is 32.2. The lowest BCUT2D eigenvalue weighted by atomic mass is 9.96. The number of carbonyl (C=O) groups is 2. The molecule has 0 aliphatic carbocycles. The summed E-state index contributed by atoms with van der Waals surface area (Å²) in [6, 6.07) is 4.41. The molecule has 0 spiro atoms. The molecule has 1 heterocycles. The summed E-state index contributed by atoms with van der Waals surface area (Å²) < 4.78 is 33.7. The molecular weight excluding hydrogens is 442 g/mol. The van der Waals surface area contributed by atoms with Crippen molar-refractivity contribution in [1.82, 2.24) is 14.9 Å².